The first kappa shape index (κ1) is 25.8. The zero-order chi connectivity index (χ0) is 26.0. The number of nitrogens with one attached hydrogen (secondary N) is 1. The number of nitrogens with zero attached hydrogens (tertiary/aromatic N) is 3. The van der Waals surface area contributed by atoms with Crippen LogP contribution in [-0.2, 0) is 20.2 Å². The molecule has 2 heterocycles. The van der Waals surface area contributed by atoms with Crippen molar-refractivity contribution in [2.75, 3.05) is 25.1 Å². The van der Waals surface area contributed by atoms with E-state index in [1.165, 1.54) is 9.42 Å². The molecule has 0 spiro atoms. The van der Waals surface area contributed by atoms with Gasteiger partial charge in [0.1, 0.15) is 12.5 Å². The van der Waals surface area contributed by atoms with Crippen molar-refractivity contribution in [3.8, 4) is 11.3 Å². The van der Waals surface area contributed by atoms with Crippen molar-refractivity contribution in [3.63, 3.8) is 0 Å². The smallest absolute Gasteiger partial charge is 0.256 e. The third-order valence-corrected chi connectivity index (χ3v) is 9.34. The molecule has 1 aromatic heterocycles. The number of aliphatic hydroxyl groups excluding tert-OH is 1. The topological polar surface area (TPSA) is 103 Å². The van der Waals surface area contributed by atoms with Crippen molar-refractivity contribution >= 4 is 33.3 Å². The van der Waals surface area contributed by atoms with Gasteiger partial charge >= 0.3 is 0 Å². The van der Waals surface area contributed by atoms with Gasteiger partial charge in [-0.05, 0) is 61.2 Å². The molecule has 1 amide bonds. The molecule has 8 nitrogen and oxygen atoms in total. The number of pyridine rings is 1. The molecule has 0 unspecified atom stereocenters. The van der Waals surface area contributed by atoms with Gasteiger partial charge in [-0.25, -0.2) is 18.4 Å². The lowest BCUT2D eigenvalue weighted by Gasteiger charge is -2.28. The summed E-state index contributed by atoms with van der Waals surface area (Å²) in [5.41, 5.74) is 1.68. The number of halogens is 1. The standard InChI is InChI=1S/C27H29ClN4O4S/c28-22-11-9-21(10-12-22)27(15-1-2-16-27)26(34)30-25-6-3-5-24(29-25)20-7-13-23(14-8-20)37(35,36)32-18-4-17-31(32)19-33/h3,5-14,33H,1-2,4,15-19H2,(H,29,30,34). The van der Waals surface area contributed by atoms with Gasteiger partial charge < -0.3 is 10.4 Å². The molecule has 194 valence electrons. The number of carbonyl (C=O) groups is 1. The summed E-state index contributed by atoms with van der Waals surface area (Å²) in [4.78, 5) is 18.3. The van der Waals surface area contributed by atoms with Gasteiger partial charge in [0.2, 0.25) is 5.91 Å². The van der Waals surface area contributed by atoms with Gasteiger partial charge in [-0.3, -0.25) is 4.79 Å². The molecule has 10 heteroatoms. The molecule has 2 aliphatic rings. The Bertz CT molecular complexity index is 1370. The number of aromatic nitrogens is 1. The maximum Gasteiger partial charge on any atom is 0.256 e. The van der Waals surface area contributed by atoms with Crippen molar-refractivity contribution in [2.24, 2.45) is 0 Å². The Hall–Kier alpha value is -2.82. The summed E-state index contributed by atoms with van der Waals surface area (Å²) in [6, 6.07) is 19.4. The Morgan fingerprint density at radius 3 is 2.35 bits per heavy atom. The summed E-state index contributed by atoms with van der Waals surface area (Å²) in [5.74, 6) is 0.354. The van der Waals surface area contributed by atoms with Crippen molar-refractivity contribution in [2.45, 2.75) is 42.4 Å². The third kappa shape index (κ3) is 5.02. The van der Waals surface area contributed by atoms with E-state index in [0.29, 0.717) is 36.0 Å². The lowest BCUT2D eigenvalue weighted by atomic mass is 9.78. The Morgan fingerprint density at radius 1 is 0.973 bits per heavy atom. The zero-order valence-corrected chi connectivity index (χ0v) is 21.9. The lowest BCUT2D eigenvalue weighted by molar-refractivity contribution is -0.121. The summed E-state index contributed by atoms with van der Waals surface area (Å²) in [6.45, 7) is 0.486. The van der Waals surface area contributed by atoms with E-state index in [0.717, 1.165) is 36.8 Å². The molecule has 2 N–H and O–H groups in total. The van der Waals surface area contributed by atoms with Crippen LogP contribution in [0.4, 0.5) is 5.82 Å². The normalized spacial score (nSPS) is 18.2. The van der Waals surface area contributed by atoms with E-state index in [4.69, 9.17) is 11.6 Å². The minimum absolute atomic E-state index is 0.0857. The van der Waals surface area contributed by atoms with Crippen LogP contribution in [0.25, 0.3) is 11.3 Å². The first-order chi connectivity index (χ1) is 17.8. The number of anilines is 1. The highest BCUT2D eigenvalue weighted by atomic mass is 35.5. The summed E-state index contributed by atoms with van der Waals surface area (Å²) < 4.78 is 27.3. The molecule has 1 aliphatic carbocycles. The second-order valence-electron chi connectivity index (χ2n) is 9.46. The van der Waals surface area contributed by atoms with Gasteiger partial charge in [-0.1, -0.05) is 54.8 Å². The highest BCUT2D eigenvalue weighted by Gasteiger charge is 2.42. The van der Waals surface area contributed by atoms with Crippen molar-refractivity contribution in [1.29, 1.82) is 0 Å². The Labute approximate surface area is 221 Å². The highest BCUT2D eigenvalue weighted by Crippen LogP contribution is 2.42. The third-order valence-electron chi connectivity index (χ3n) is 7.25. The van der Waals surface area contributed by atoms with E-state index >= 15 is 0 Å². The molecule has 2 fully saturated rings. The van der Waals surface area contributed by atoms with Gasteiger partial charge in [0.05, 0.1) is 16.0 Å². The second-order valence-corrected chi connectivity index (χ2v) is 11.7. The summed E-state index contributed by atoms with van der Waals surface area (Å²) in [6.07, 6.45) is 4.15. The number of benzene rings is 2. The van der Waals surface area contributed by atoms with Gasteiger partial charge in [-0.15, -0.1) is 4.41 Å². The van der Waals surface area contributed by atoms with Crippen molar-refractivity contribution < 1.29 is 18.3 Å². The van der Waals surface area contributed by atoms with E-state index < -0.39 is 15.4 Å². The van der Waals surface area contributed by atoms with Crippen LogP contribution < -0.4 is 5.32 Å². The molecular formula is C27H29ClN4O4S. The second kappa shape index (κ2) is 10.5. The molecule has 0 radical (unpaired) electrons. The van der Waals surface area contributed by atoms with E-state index in [1.54, 1.807) is 30.3 Å². The quantitative estimate of drug-likeness (QED) is 0.460. The maximum atomic E-state index is 13.5. The minimum Gasteiger partial charge on any atom is -0.380 e. The van der Waals surface area contributed by atoms with Crippen LogP contribution in [0, 0.1) is 0 Å². The first-order valence-electron chi connectivity index (χ1n) is 12.4. The molecule has 1 saturated heterocycles. The van der Waals surface area contributed by atoms with Crippen LogP contribution in [0.5, 0.6) is 0 Å². The van der Waals surface area contributed by atoms with Crippen LogP contribution in [0.2, 0.25) is 5.02 Å². The number of rotatable bonds is 7. The van der Waals surface area contributed by atoms with Gasteiger partial charge in [0.15, 0.2) is 0 Å². The van der Waals surface area contributed by atoms with Gasteiger partial charge in [0, 0.05) is 23.7 Å². The molecule has 5 rings (SSSR count). The molecule has 0 bridgehead atoms. The average Bonchev–Trinajstić information content (AvgIpc) is 3.60. The monoisotopic (exact) mass is 540 g/mol. The predicted molar refractivity (Wildman–Crippen MR) is 142 cm³/mol. The number of carbonyl (C=O) groups excluding carboxylic acids is 1. The fourth-order valence-corrected chi connectivity index (χ4v) is 6.93. The van der Waals surface area contributed by atoms with E-state index in [-0.39, 0.29) is 17.5 Å². The molecule has 1 aliphatic heterocycles. The van der Waals surface area contributed by atoms with Gasteiger partial charge in [0.25, 0.3) is 10.0 Å². The highest BCUT2D eigenvalue weighted by molar-refractivity contribution is 7.89. The summed E-state index contributed by atoms with van der Waals surface area (Å²) in [5, 5.41) is 14.5. The number of hydrogen-bond donors (Lipinski definition) is 2. The molecular weight excluding hydrogens is 512 g/mol. The van der Waals surface area contributed by atoms with Crippen molar-refractivity contribution in [1.82, 2.24) is 14.4 Å². The fraction of sp³-hybridized carbons (Fsp3) is 0.333. The van der Waals surface area contributed by atoms with Crippen LogP contribution in [0.15, 0.2) is 71.6 Å². The molecule has 1 saturated carbocycles. The molecule has 37 heavy (non-hydrogen) atoms. The van der Waals surface area contributed by atoms with Crippen LogP contribution in [0.3, 0.4) is 0 Å². The Morgan fingerprint density at radius 2 is 1.68 bits per heavy atom. The maximum absolute atomic E-state index is 13.5. The SMILES string of the molecule is O=C(Nc1cccc(-c2ccc(S(=O)(=O)N3CCCN3CO)cc2)n1)C1(c2ccc(Cl)cc2)CCCC1. The number of amides is 1. The number of aliphatic hydroxyl groups is 1. The van der Waals surface area contributed by atoms with E-state index in [9.17, 15) is 18.3 Å². The predicted octanol–water partition coefficient (Wildman–Crippen LogP) is 4.41. The number of hydrazine groups is 1. The van der Waals surface area contributed by atoms with Crippen molar-refractivity contribution in [3.05, 3.63) is 77.3 Å². The van der Waals surface area contributed by atoms with Crippen LogP contribution in [0.1, 0.15) is 37.7 Å². The largest absolute Gasteiger partial charge is 0.380 e. The van der Waals surface area contributed by atoms with E-state index in [2.05, 4.69) is 10.3 Å². The minimum atomic E-state index is -3.75. The average molecular weight is 541 g/mol. The molecule has 2 aromatic carbocycles. The van der Waals surface area contributed by atoms with Crippen LogP contribution >= 0.6 is 11.6 Å². The Kier molecular flexibility index (Phi) is 7.33. The first-order valence-corrected chi connectivity index (χ1v) is 14.2. The molecule has 0 atom stereocenters. The van der Waals surface area contributed by atoms with Gasteiger partial charge in [-0.2, -0.15) is 0 Å². The molecule has 3 aromatic rings. The summed E-state index contributed by atoms with van der Waals surface area (Å²) in [7, 11) is -3.75. The fourth-order valence-electron chi connectivity index (χ4n) is 5.27. The summed E-state index contributed by atoms with van der Waals surface area (Å²) >= 11 is 6.07. The van der Waals surface area contributed by atoms with Crippen LogP contribution in [-0.4, -0.2) is 53.7 Å². The zero-order valence-electron chi connectivity index (χ0n) is 20.3. The Balaban J connectivity index is 1.36. The number of hydrogen-bond acceptors (Lipinski definition) is 6. The van der Waals surface area contributed by atoms with E-state index in [1.807, 2.05) is 36.4 Å². The lowest BCUT2D eigenvalue weighted by Crippen LogP contribution is -2.41. The number of sulfonamides is 1.